The predicted molar refractivity (Wildman–Crippen MR) is 112 cm³/mol. The second kappa shape index (κ2) is 9.92. The molecule has 8 nitrogen and oxygen atoms in total. The van der Waals surface area contributed by atoms with E-state index in [4.69, 9.17) is 20.8 Å². The molecular weight excluding hydrogens is 465 g/mol. The second-order valence-corrected chi connectivity index (χ2v) is 8.06. The highest BCUT2D eigenvalue weighted by atomic mass is 35.5. The van der Waals surface area contributed by atoms with Crippen LogP contribution in [-0.2, 0) is 9.53 Å². The van der Waals surface area contributed by atoms with Crippen molar-refractivity contribution >= 4 is 34.2 Å². The molecule has 0 aliphatic heterocycles. The summed E-state index contributed by atoms with van der Waals surface area (Å²) in [5, 5.41) is 12.0. The molecule has 1 aromatic carbocycles. The number of ether oxygens (including phenoxy) is 2. The molecule has 0 spiro atoms. The summed E-state index contributed by atoms with van der Waals surface area (Å²) in [6, 6.07) is 8.94. The smallest absolute Gasteiger partial charge is 0.447 e. The van der Waals surface area contributed by atoms with Gasteiger partial charge in [-0.3, -0.25) is 9.53 Å². The zero-order valence-corrected chi connectivity index (χ0v) is 18.0. The fraction of sp³-hybridized carbons (Fsp3) is 0.429. The van der Waals surface area contributed by atoms with Gasteiger partial charge in [0.1, 0.15) is 12.4 Å². The van der Waals surface area contributed by atoms with Crippen molar-refractivity contribution in [3.8, 4) is 6.08 Å². The zero-order chi connectivity index (χ0) is 23.4. The number of alkyl halides is 3. The van der Waals surface area contributed by atoms with Crippen molar-refractivity contribution < 1.29 is 31.9 Å². The van der Waals surface area contributed by atoms with Gasteiger partial charge in [0, 0.05) is 22.2 Å². The van der Waals surface area contributed by atoms with Crippen LogP contribution in [-0.4, -0.2) is 40.7 Å². The summed E-state index contributed by atoms with van der Waals surface area (Å²) in [7, 11) is 0. The number of aromatic nitrogens is 3. The molecule has 1 aliphatic carbocycles. The Morgan fingerprint density at radius 2 is 1.91 bits per heavy atom. The molecule has 1 saturated carbocycles. The number of amides is 1. The molecule has 0 atom stereocenters. The molecular formula is C21H20ClF3N4O4. The summed E-state index contributed by atoms with van der Waals surface area (Å²) >= 11 is 5.98. The third-order valence-electron chi connectivity index (χ3n) is 5.35. The number of benzene rings is 1. The Hall–Kier alpha value is -2.92. The van der Waals surface area contributed by atoms with E-state index in [0.717, 1.165) is 10.9 Å². The Balaban J connectivity index is 1.25. The third-order valence-corrected chi connectivity index (χ3v) is 5.58. The van der Waals surface area contributed by atoms with Crippen molar-refractivity contribution in [2.75, 3.05) is 18.5 Å². The molecule has 176 valence electrons. The minimum absolute atomic E-state index is 0.0473. The SMILES string of the molecule is O=C(Nc1ccc2cc(Cl)ccc2n1)C1CCC(c2nnc(OCCOC(F)(F)F)o2)CC1. The van der Waals surface area contributed by atoms with E-state index in [-0.39, 0.29) is 30.4 Å². The fourth-order valence-electron chi connectivity index (χ4n) is 3.73. The third kappa shape index (κ3) is 6.32. The summed E-state index contributed by atoms with van der Waals surface area (Å²) in [4.78, 5) is 17.1. The number of rotatable bonds is 7. The summed E-state index contributed by atoms with van der Waals surface area (Å²) in [6.45, 7) is -1.05. The van der Waals surface area contributed by atoms with Crippen LogP contribution in [0.25, 0.3) is 10.9 Å². The molecule has 0 radical (unpaired) electrons. The van der Waals surface area contributed by atoms with E-state index in [1.54, 1.807) is 24.3 Å². The van der Waals surface area contributed by atoms with Crippen LogP contribution in [0.4, 0.5) is 19.0 Å². The van der Waals surface area contributed by atoms with Crippen molar-refractivity contribution in [2.45, 2.75) is 38.0 Å². The zero-order valence-electron chi connectivity index (χ0n) is 17.3. The maximum Gasteiger partial charge on any atom is 0.522 e. The van der Waals surface area contributed by atoms with Crippen LogP contribution < -0.4 is 10.1 Å². The van der Waals surface area contributed by atoms with Crippen molar-refractivity contribution in [2.24, 2.45) is 5.92 Å². The Morgan fingerprint density at radius 1 is 1.12 bits per heavy atom. The maximum atomic E-state index is 12.7. The molecule has 0 bridgehead atoms. The summed E-state index contributed by atoms with van der Waals surface area (Å²) < 4.78 is 49.8. The second-order valence-electron chi connectivity index (χ2n) is 7.62. The summed E-state index contributed by atoms with van der Waals surface area (Å²) in [6.07, 6.45) is -2.37. The van der Waals surface area contributed by atoms with Crippen LogP contribution in [0.15, 0.2) is 34.7 Å². The number of anilines is 1. The van der Waals surface area contributed by atoms with Gasteiger partial charge in [-0.1, -0.05) is 16.7 Å². The molecule has 4 rings (SSSR count). The topological polar surface area (TPSA) is 99.4 Å². The predicted octanol–water partition coefficient (Wildman–Crippen LogP) is 5.10. The molecule has 0 saturated heterocycles. The van der Waals surface area contributed by atoms with Gasteiger partial charge in [-0.2, -0.15) is 0 Å². The molecule has 12 heteroatoms. The Morgan fingerprint density at radius 3 is 2.67 bits per heavy atom. The average molecular weight is 485 g/mol. The fourth-order valence-corrected chi connectivity index (χ4v) is 3.91. The van der Waals surface area contributed by atoms with Crippen LogP contribution in [0.2, 0.25) is 5.02 Å². The van der Waals surface area contributed by atoms with E-state index >= 15 is 0 Å². The quantitative estimate of drug-likeness (QED) is 0.466. The molecule has 1 N–H and O–H groups in total. The van der Waals surface area contributed by atoms with Crippen LogP contribution in [0.1, 0.15) is 37.5 Å². The lowest BCUT2D eigenvalue weighted by Crippen LogP contribution is -2.27. The number of hydrogen-bond acceptors (Lipinski definition) is 7. The highest BCUT2D eigenvalue weighted by Crippen LogP contribution is 2.36. The molecule has 1 amide bonds. The van der Waals surface area contributed by atoms with Crippen molar-refractivity contribution in [1.29, 1.82) is 0 Å². The van der Waals surface area contributed by atoms with Gasteiger partial charge in [0.2, 0.25) is 11.8 Å². The molecule has 33 heavy (non-hydrogen) atoms. The first kappa shape index (κ1) is 23.2. The van der Waals surface area contributed by atoms with Crippen LogP contribution in [0.5, 0.6) is 6.08 Å². The molecule has 1 aliphatic rings. The van der Waals surface area contributed by atoms with Gasteiger partial charge in [-0.15, -0.1) is 18.3 Å². The van der Waals surface area contributed by atoms with Crippen LogP contribution >= 0.6 is 11.6 Å². The molecule has 2 aromatic heterocycles. The lowest BCUT2D eigenvalue weighted by atomic mass is 9.81. The first-order valence-corrected chi connectivity index (χ1v) is 10.7. The number of hydrogen-bond donors (Lipinski definition) is 1. The first-order valence-electron chi connectivity index (χ1n) is 10.3. The van der Waals surface area contributed by atoms with Gasteiger partial charge >= 0.3 is 12.4 Å². The van der Waals surface area contributed by atoms with Crippen molar-refractivity contribution in [3.63, 3.8) is 0 Å². The largest absolute Gasteiger partial charge is 0.522 e. The lowest BCUT2D eigenvalue weighted by Gasteiger charge is -2.25. The van der Waals surface area contributed by atoms with E-state index in [1.807, 2.05) is 6.07 Å². The van der Waals surface area contributed by atoms with Gasteiger partial charge in [-0.25, -0.2) is 4.98 Å². The van der Waals surface area contributed by atoms with E-state index < -0.39 is 13.0 Å². The number of fused-ring (bicyclic) bond motifs is 1. The number of carbonyl (C=O) groups excluding carboxylic acids is 1. The maximum absolute atomic E-state index is 12.7. The number of carbonyl (C=O) groups is 1. The highest BCUT2D eigenvalue weighted by Gasteiger charge is 2.31. The highest BCUT2D eigenvalue weighted by molar-refractivity contribution is 6.31. The van der Waals surface area contributed by atoms with E-state index in [2.05, 4.69) is 25.2 Å². The normalized spacial score (nSPS) is 18.9. The van der Waals surface area contributed by atoms with Crippen molar-refractivity contribution in [1.82, 2.24) is 15.2 Å². The number of nitrogens with zero attached hydrogens (tertiary/aromatic N) is 3. The monoisotopic (exact) mass is 484 g/mol. The first-order chi connectivity index (χ1) is 15.8. The Kier molecular flexibility index (Phi) is 6.99. The van der Waals surface area contributed by atoms with Gasteiger partial charge in [0.15, 0.2) is 0 Å². The number of pyridine rings is 1. The van der Waals surface area contributed by atoms with E-state index in [9.17, 15) is 18.0 Å². The summed E-state index contributed by atoms with van der Waals surface area (Å²) in [5.74, 6) is 0.491. The Bertz CT molecular complexity index is 1120. The number of nitrogens with one attached hydrogen (secondary N) is 1. The van der Waals surface area contributed by atoms with Crippen LogP contribution in [0.3, 0.4) is 0 Å². The van der Waals surface area contributed by atoms with Gasteiger partial charge < -0.3 is 14.5 Å². The van der Waals surface area contributed by atoms with Crippen molar-refractivity contribution in [3.05, 3.63) is 41.2 Å². The standard InChI is InChI=1S/C21H20ClF3N4O4/c22-15-6-7-16-14(11-15)5-8-17(26-16)27-18(30)12-1-3-13(4-2-12)19-28-29-20(33-19)31-9-10-32-21(23,24)25/h5-8,11-13H,1-4,9-10H2,(H,26,27,30). The Labute approximate surface area is 191 Å². The van der Waals surface area contributed by atoms with Gasteiger partial charge in [-0.05, 0) is 56.0 Å². The van der Waals surface area contributed by atoms with E-state index in [1.165, 1.54) is 0 Å². The minimum Gasteiger partial charge on any atom is -0.447 e. The van der Waals surface area contributed by atoms with E-state index in [0.29, 0.717) is 42.4 Å². The number of halogens is 4. The molecule has 2 heterocycles. The van der Waals surface area contributed by atoms with Gasteiger partial charge in [0.25, 0.3) is 0 Å². The van der Waals surface area contributed by atoms with Crippen LogP contribution in [0, 0.1) is 5.92 Å². The summed E-state index contributed by atoms with van der Waals surface area (Å²) in [5.41, 5.74) is 0.736. The molecule has 0 unspecified atom stereocenters. The molecule has 1 fully saturated rings. The lowest BCUT2D eigenvalue weighted by molar-refractivity contribution is -0.325. The minimum atomic E-state index is -4.72. The van der Waals surface area contributed by atoms with Gasteiger partial charge in [0.05, 0.1) is 12.1 Å². The molecule has 3 aromatic rings. The average Bonchev–Trinajstić information content (AvgIpc) is 3.25.